The number of amides is 2. The predicted octanol–water partition coefficient (Wildman–Crippen LogP) is 3.55. The Balaban J connectivity index is 1.71. The van der Waals surface area contributed by atoms with E-state index in [1.165, 1.54) is 4.90 Å². The third-order valence-corrected chi connectivity index (χ3v) is 3.92. The molecule has 0 aliphatic rings. The van der Waals surface area contributed by atoms with Crippen molar-refractivity contribution in [1.82, 2.24) is 14.7 Å². The van der Waals surface area contributed by atoms with Crippen LogP contribution in [0.2, 0.25) is 0 Å². The largest absolute Gasteiger partial charge is 0.508 e. The van der Waals surface area contributed by atoms with Crippen LogP contribution in [0.15, 0.2) is 60.8 Å². The summed E-state index contributed by atoms with van der Waals surface area (Å²) in [5.41, 5.74) is 3.27. The number of benzene rings is 2. The molecule has 0 unspecified atom stereocenters. The van der Waals surface area contributed by atoms with Crippen LogP contribution in [-0.2, 0) is 6.54 Å². The first kappa shape index (κ1) is 16.6. The number of hydrogen-bond donors (Lipinski definition) is 2. The molecule has 0 bridgehead atoms. The molecule has 0 atom stereocenters. The van der Waals surface area contributed by atoms with Gasteiger partial charge in [-0.2, -0.15) is 5.10 Å². The van der Waals surface area contributed by atoms with Crippen molar-refractivity contribution in [2.45, 2.75) is 13.5 Å². The van der Waals surface area contributed by atoms with Gasteiger partial charge in [-0.15, -0.1) is 0 Å². The number of anilines is 1. The first-order valence-corrected chi connectivity index (χ1v) is 7.94. The van der Waals surface area contributed by atoms with Gasteiger partial charge in [-0.1, -0.05) is 24.3 Å². The van der Waals surface area contributed by atoms with E-state index in [0.717, 1.165) is 11.4 Å². The number of nitrogens with one attached hydrogen (secondary N) is 1. The van der Waals surface area contributed by atoms with Crippen LogP contribution in [0.25, 0.3) is 5.69 Å². The zero-order valence-corrected chi connectivity index (χ0v) is 14.2. The van der Waals surface area contributed by atoms with E-state index in [1.807, 2.05) is 43.3 Å². The van der Waals surface area contributed by atoms with Crippen LogP contribution in [-0.4, -0.2) is 32.9 Å². The summed E-state index contributed by atoms with van der Waals surface area (Å²) in [6.45, 7) is 2.29. The van der Waals surface area contributed by atoms with E-state index < -0.39 is 0 Å². The van der Waals surface area contributed by atoms with Crippen LogP contribution >= 0.6 is 0 Å². The quantitative estimate of drug-likeness (QED) is 0.765. The summed E-state index contributed by atoms with van der Waals surface area (Å²) >= 11 is 0. The lowest BCUT2D eigenvalue weighted by atomic mass is 10.2. The summed E-state index contributed by atoms with van der Waals surface area (Å²) in [5, 5.41) is 17.0. The monoisotopic (exact) mass is 336 g/mol. The SMILES string of the molecule is Cc1ccnn1-c1cccc(NC(=O)N(C)Cc2ccccc2O)c1. The van der Waals surface area contributed by atoms with E-state index in [9.17, 15) is 9.90 Å². The number of aryl methyl sites for hydroxylation is 1. The van der Waals surface area contributed by atoms with Gasteiger partial charge in [0.05, 0.1) is 12.2 Å². The van der Waals surface area contributed by atoms with Crippen LogP contribution < -0.4 is 5.32 Å². The molecule has 2 aromatic carbocycles. The topological polar surface area (TPSA) is 70.4 Å². The minimum absolute atomic E-state index is 0.179. The molecule has 6 nitrogen and oxygen atoms in total. The van der Waals surface area contributed by atoms with Crippen molar-refractivity contribution in [3.63, 3.8) is 0 Å². The summed E-state index contributed by atoms with van der Waals surface area (Å²) in [6, 6.07) is 16.1. The number of aromatic nitrogens is 2. The lowest BCUT2D eigenvalue weighted by Gasteiger charge is -2.19. The molecule has 0 aliphatic carbocycles. The number of phenols is 1. The van der Waals surface area contributed by atoms with E-state index in [-0.39, 0.29) is 11.8 Å². The number of phenolic OH excluding ortho intramolecular Hbond substituents is 1. The molecule has 6 heteroatoms. The summed E-state index contributed by atoms with van der Waals surface area (Å²) < 4.78 is 1.81. The maximum atomic E-state index is 12.4. The smallest absolute Gasteiger partial charge is 0.321 e. The Labute approximate surface area is 146 Å². The first-order valence-electron chi connectivity index (χ1n) is 7.94. The molecule has 0 aliphatic heterocycles. The van der Waals surface area contributed by atoms with Crippen LogP contribution in [0.1, 0.15) is 11.3 Å². The minimum atomic E-state index is -0.252. The fraction of sp³-hybridized carbons (Fsp3) is 0.158. The Bertz CT molecular complexity index is 888. The van der Waals surface area contributed by atoms with Gasteiger partial charge in [-0.3, -0.25) is 0 Å². The molecular formula is C19H20N4O2. The maximum Gasteiger partial charge on any atom is 0.321 e. The molecule has 0 radical (unpaired) electrons. The summed E-state index contributed by atoms with van der Waals surface area (Å²) in [7, 11) is 1.68. The zero-order valence-electron chi connectivity index (χ0n) is 14.2. The van der Waals surface area contributed by atoms with Gasteiger partial charge in [0.15, 0.2) is 0 Å². The third kappa shape index (κ3) is 3.80. The molecule has 2 amide bonds. The highest BCUT2D eigenvalue weighted by Gasteiger charge is 2.12. The van der Waals surface area contributed by atoms with Crippen LogP contribution in [0.5, 0.6) is 5.75 Å². The van der Waals surface area contributed by atoms with Crippen LogP contribution in [0.4, 0.5) is 10.5 Å². The van der Waals surface area contributed by atoms with Gasteiger partial charge in [0.2, 0.25) is 0 Å². The fourth-order valence-electron chi connectivity index (χ4n) is 2.55. The molecule has 128 valence electrons. The van der Waals surface area contributed by atoms with E-state index in [4.69, 9.17) is 0 Å². The molecular weight excluding hydrogens is 316 g/mol. The van der Waals surface area contributed by atoms with Crippen molar-refractivity contribution in [2.24, 2.45) is 0 Å². The van der Waals surface area contributed by atoms with Gasteiger partial charge in [0.25, 0.3) is 0 Å². The minimum Gasteiger partial charge on any atom is -0.508 e. The number of nitrogens with zero attached hydrogens (tertiary/aromatic N) is 3. The molecule has 0 fully saturated rings. The van der Waals surface area contributed by atoms with Crippen LogP contribution in [0, 0.1) is 6.92 Å². The van der Waals surface area contributed by atoms with Gasteiger partial charge in [-0.05, 0) is 37.3 Å². The highest BCUT2D eigenvalue weighted by atomic mass is 16.3. The Kier molecular flexibility index (Phi) is 4.70. The van der Waals surface area contributed by atoms with Crippen molar-refractivity contribution >= 4 is 11.7 Å². The molecule has 1 aromatic heterocycles. The second-order valence-corrected chi connectivity index (χ2v) is 5.85. The molecule has 0 saturated heterocycles. The summed E-state index contributed by atoms with van der Waals surface area (Å²) in [6.07, 6.45) is 1.74. The van der Waals surface area contributed by atoms with E-state index >= 15 is 0 Å². The Morgan fingerprint density at radius 2 is 2.00 bits per heavy atom. The molecule has 3 aromatic rings. The number of rotatable bonds is 4. The Morgan fingerprint density at radius 1 is 1.20 bits per heavy atom. The van der Waals surface area contributed by atoms with E-state index in [2.05, 4.69) is 10.4 Å². The van der Waals surface area contributed by atoms with Crippen molar-refractivity contribution in [3.8, 4) is 11.4 Å². The standard InChI is InChI=1S/C19H20N4O2/c1-14-10-11-20-23(14)17-8-5-7-16(12-17)21-19(25)22(2)13-15-6-3-4-9-18(15)24/h3-12,24H,13H2,1-2H3,(H,21,25). The predicted molar refractivity (Wildman–Crippen MR) is 96.9 cm³/mol. The van der Waals surface area contributed by atoms with Crippen molar-refractivity contribution < 1.29 is 9.90 Å². The average molecular weight is 336 g/mol. The highest BCUT2D eigenvalue weighted by molar-refractivity contribution is 5.89. The number of carbonyl (C=O) groups is 1. The number of hydrogen-bond acceptors (Lipinski definition) is 3. The Morgan fingerprint density at radius 3 is 2.72 bits per heavy atom. The van der Waals surface area contributed by atoms with Gasteiger partial charge in [0, 0.05) is 30.2 Å². The number of urea groups is 1. The van der Waals surface area contributed by atoms with Crippen molar-refractivity contribution in [2.75, 3.05) is 12.4 Å². The van der Waals surface area contributed by atoms with Gasteiger partial charge in [-0.25, -0.2) is 9.48 Å². The third-order valence-electron chi connectivity index (χ3n) is 3.92. The highest BCUT2D eigenvalue weighted by Crippen LogP contribution is 2.19. The van der Waals surface area contributed by atoms with Crippen molar-refractivity contribution in [3.05, 3.63) is 72.1 Å². The molecule has 0 saturated carbocycles. The second-order valence-electron chi connectivity index (χ2n) is 5.85. The number of para-hydroxylation sites is 1. The maximum absolute atomic E-state index is 12.4. The van der Waals surface area contributed by atoms with E-state index in [0.29, 0.717) is 17.8 Å². The Hall–Kier alpha value is -3.28. The normalized spacial score (nSPS) is 10.5. The lowest BCUT2D eigenvalue weighted by Crippen LogP contribution is -2.30. The zero-order chi connectivity index (χ0) is 17.8. The summed E-state index contributed by atoms with van der Waals surface area (Å²) in [5.74, 6) is 0.179. The average Bonchev–Trinajstić information content (AvgIpc) is 3.03. The fourth-order valence-corrected chi connectivity index (χ4v) is 2.55. The number of aromatic hydroxyl groups is 1. The number of carbonyl (C=O) groups excluding carboxylic acids is 1. The molecule has 1 heterocycles. The van der Waals surface area contributed by atoms with Gasteiger partial charge in [0.1, 0.15) is 5.75 Å². The van der Waals surface area contributed by atoms with Gasteiger partial charge < -0.3 is 15.3 Å². The first-order chi connectivity index (χ1) is 12.0. The van der Waals surface area contributed by atoms with Crippen LogP contribution in [0.3, 0.4) is 0 Å². The molecule has 3 rings (SSSR count). The van der Waals surface area contributed by atoms with Gasteiger partial charge >= 0.3 is 6.03 Å². The molecule has 2 N–H and O–H groups in total. The molecule has 25 heavy (non-hydrogen) atoms. The molecule has 0 spiro atoms. The summed E-state index contributed by atoms with van der Waals surface area (Å²) in [4.78, 5) is 13.9. The second kappa shape index (κ2) is 7.09. The van der Waals surface area contributed by atoms with Crippen molar-refractivity contribution in [1.29, 1.82) is 0 Å². The lowest BCUT2D eigenvalue weighted by molar-refractivity contribution is 0.220. The van der Waals surface area contributed by atoms with E-state index in [1.54, 1.807) is 36.1 Å².